The summed E-state index contributed by atoms with van der Waals surface area (Å²) in [6, 6.07) is 3.40. The van der Waals surface area contributed by atoms with Gasteiger partial charge in [-0.15, -0.1) is 0 Å². The number of likely N-dealkylation sites (tertiary alicyclic amines) is 1. The molecule has 0 amide bonds. The summed E-state index contributed by atoms with van der Waals surface area (Å²) < 4.78 is 47.9. The Morgan fingerprint density at radius 1 is 1.07 bits per heavy atom. The van der Waals surface area contributed by atoms with Gasteiger partial charge >= 0.3 is 6.18 Å². The van der Waals surface area contributed by atoms with Crippen molar-refractivity contribution in [2.24, 2.45) is 11.3 Å². The third-order valence-electron chi connectivity index (χ3n) is 6.37. The average Bonchev–Trinajstić information content (AvgIpc) is 3.43. The van der Waals surface area contributed by atoms with Gasteiger partial charge in [0, 0.05) is 63.0 Å². The van der Waals surface area contributed by atoms with Gasteiger partial charge in [-0.2, -0.15) is 13.2 Å². The first-order valence-electron chi connectivity index (χ1n) is 10.2. The predicted octanol–water partition coefficient (Wildman–Crippen LogP) is 4.03. The predicted molar refractivity (Wildman–Crippen MR) is 101 cm³/mol. The van der Waals surface area contributed by atoms with Crippen molar-refractivity contribution < 1.29 is 17.9 Å². The topological polar surface area (TPSA) is 28.6 Å². The second-order valence-electron chi connectivity index (χ2n) is 8.97. The summed E-state index contributed by atoms with van der Waals surface area (Å²) in [4.78, 5) is 6.72. The van der Waals surface area contributed by atoms with Crippen molar-refractivity contribution >= 4 is 11.9 Å². The van der Waals surface area contributed by atoms with E-state index >= 15 is 0 Å². The molecule has 0 radical (unpaired) electrons. The first-order valence-corrected chi connectivity index (χ1v) is 11.0. The quantitative estimate of drug-likeness (QED) is 0.680. The summed E-state index contributed by atoms with van der Waals surface area (Å²) in [6.45, 7) is 6.78. The summed E-state index contributed by atoms with van der Waals surface area (Å²) in [7, 11) is 0. The van der Waals surface area contributed by atoms with Crippen molar-refractivity contribution in [2.75, 3.05) is 45.9 Å². The normalized spacial score (nSPS) is 26.2. The van der Waals surface area contributed by atoms with Crippen LogP contribution in [0.5, 0.6) is 0 Å². The van der Waals surface area contributed by atoms with Gasteiger partial charge < -0.3 is 9.64 Å². The van der Waals surface area contributed by atoms with Crippen molar-refractivity contribution in [3.05, 3.63) is 23.5 Å². The molecule has 8 heteroatoms. The van der Waals surface area contributed by atoms with Crippen molar-refractivity contribution in [2.45, 2.75) is 42.7 Å². The van der Waals surface area contributed by atoms with Gasteiger partial charge in [-0.25, -0.2) is 9.29 Å². The number of hydrogen-bond acceptors (Lipinski definition) is 5. The van der Waals surface area contributed by atoms with Crippen LogP contribution >= 0.6 is 11.9 Å². The molecule has 154 valence electrons. The lowest BCUT2D eigenvalue weighted by Crippen LogP contribution is -2.70. The van der Waals surface area contributed by atoms with Crippen molar-refractivity contribution in [3.8, 4) is 0 Å². The molecule has 4 aliphatic rings. The van der Waals surface area contributed by atoms with Crippen molar-refractivity contribution in [1.82, 2.24) is 14.2 Å². The molecule has 1 aliphatic carbocycles. The van der Waals surface area contributed by atoms with E-state index < -0.39 is 11.9 Å². The first kappa shape index (κ1) is 19.2. The standard InChI is InChI=1S/C20H26F3N3OS/c21-20(22,23)18-17(4-3-16(24-18)15-1-2-15)28-26-12-19(13-26)10-25(11-19)9-14-5-7-27-8-6-14/h3-4,14-15H,1-2,5-13H2. The molecule has 0 aromatic carbocycles. The first-order chi connectivity index (χ1) is 13.4. The zero-order valence-electron chi connectivity index (χ0n) is 15.9. The number of aromatic nitrogens is 1. The average molecular weight is 414 g/mol. The van der Waals surface area contributed by atoms with Gasteiger partial charge in [0.25, 0.3) is 0 Å². The highest BCUT2D eigenvalue weighted by atomic mass is 32.2. The molecular weight excluding hydrogens is 387 g/mol. The molecule has 1 aromatic rings. The number of halogens is 3. The summed E-state index contributed by atoms with van der Waals surface area (Å²) in [5.74, 6) is 0.964. The molecule has 0 N–H and O–H groups in total. The van der Waals surface area contributed by atoms with Crippen LogP contribution in [0.15, 0.2) is 17.0 Å². The Morgan fingerprint density at radius 3 is 2.43 bits per heavy atom. The Bertz CT molecular complexity index is 720. The zero-order valence-corrected chi connectivity index (χ0v) is 16.7. The molecule has 0 atom stereocenters. The van der Waals surface area contributed by atoms with E-state index in [-0.39, 0.29) is 16.2 Å². The second kappa shape index (κ2) is 7.15. The van der Waals surface area contributed by atoms with Crippen LogP contribution in [0.3, 0.4) is 0 Å². The Balaban J connectivity index is 1.15. The molecule has 1 saturated carbocycles. The largest absolute Gasteiger partial charge is 0.434 e. The van der Waals surface area contributed by atoms with Gasteiger partial charge in [-0.3, -0.25) is 0 Å². The fourth-order valence-electron chi connectivity index (χ4n) is 4.78. The van der Waals surface area contributed by atoms with E-state index in [1.165, 1.54) is 11.9 Å². The number of ether oxygens (including phenoxy) is 1. The molecule has 0 unspecified atom stereocenters. The molecule has 4 fully saturated rings. The minimum Gasteiger partial charge on any atom is -0.381 e. The number of rotatable bonds is 5. The van der Waals surface area contributed by atoms with Gasteiger partial charge in [-0.1, -0.05) is 0 Å². The van der Waals surface area contributed by atoms with E-state index in [1.54, 1.807) is 12.1 Å². The van der Waals surface area contributed by atoms with Gasteiger partial charge in [-0.05, 0) is 55.7 Å². The highest BCUT2D eigenvalue weighted by molar-refractivity contribution is 7.97. The van der Waals surface area contributed by atoms with Gasteiger partial charge in [0.15, 0.2) is 5.69 Å². The molecular formula is C20H26F3N3OS. The molecule has 4 nitrogen and oxygen atoms in total. The summed E-state index contributed by atoms with van der Waals surface area (Å²) in [5.41, 5.74) is 0.176. The summed E-state index contributed by atoms with van der Waals surface area (Å²) >= 11 is 1.23. The van der Waals surface area contributed by atoms with Crippen LogP contribution in [0.1, 0.15) is 43.0 Å². The maximum absolute atomic E-state index is 13.5. The van der Waals surface area contributed by atoms with E-state index in [0.29, 0.717) is 5.69 Å². The fraction of sp³-hybridized carbons (Fsp3) is 0.750. The SMILES string of the molecule is FC(F)(F)c1nc(C2CC2)ccc1SN1CC2(CN(CC3CCOCC3)C2)C1. The van der Waals surface area contributed by atoms with E-state index in [2.05, 4.69) is 14.2 Å². The van der Waals surface area contributed by atoms with Crippen LogP contribution in [-0.4, -0.2) is 60.1 Å². The molecule has 28 heavy (non-hydrogen) atoms. The maximum Gasteiger partial charge on any atom is 0.434 e. The Kier molecular flexibility index (Phi) is 4.89. The summed E-state index contributed by atoms with van der Waals surface area (Å²) in [6.07, 6.45) is -0.191. The van der Waals surface area contributed by atoms with E-state index in [4.69, 9.17) is 4.74 Å². The smallest absolute Gasteiger partial charge is 0.381 e. The number of alkyl halides is 3. The fourth-order valence-corrected chi connectivity index (χ4v) is 6.11. The van der Waals surface area contributed by atoms with Crippen molar-refractivity contribution in [3.63, 3.8) is 0 Å². The molecule has 4 heterocycles. The second-order valence-corrected chi connectivity index (χ2v) is 10.1. The lowest BCUT2D eigenvalue weighted by molar-refractivity contribution is -0.143. The van der Waals surface area contributed by atoms with Crippen LogP contribution in [0, 0.1) is 11.3 Å². The van der Waals surface area contributed by atoms with Crippen LogP contribution in [0.4, 0.5) is 13.2 Å². The molecule has 1 spiro atoms. The molecule has 3 aliphatic heterocycles. The minimum absolute atomic E-state index is 0.226. The Labute approximate surface area is 167 Å². The lowest BCUT2D eigenvalue weighted by Gasteiger charge is -2.60. The third-order valence-corrected chi connectivity index (χ3v) is 7.41. The van der Waals surface area contributed by atoms with Crippen LogP contribution in [0.2, 0.25) is 0 Å². The Hall–Kier alpha value is -0.830. The van der Waals surface area contributed by atoms with Gasteiger partial charge in [0.1, 0.15) is 0 Å². The third kappa shape index (κ3) is 3.93. The summed E-state index contributed by atoms with van der Waals surface area (Å²) in [5, 5.41) is 0. The molecule has 1 aromatic heterocycles. The Morgan fingerprint density at radius 2 is 1.79 bits per heavy atom. The maximum atomic E-state index is 13.5. The molecule has 5 rings (SSSR count). The monoisotopic (exact) mass is 413 g/mol. The number of nitrogens with zero attached hydrogens (tertiary/aromatic N) is 3. The van der Waals surface area contributed by atoms with Crippen LogP contribution in [-0.2, 0) is 10.9 Å². The van der Waals surface area contributed by atoms with Crippen LogP contribution < -0.4 is 0 Å². The molecule has 3 saturated heterocycles. The van der Waals surface area contributed by atoms with E-state index in [9.17, 15) is 13.2 Å². The number of pyridine rings is 1. The van der Waals surface area contributed by atoms with Gasteiger partial charge in [0.05, 0.1) is 4.90 Å². The molecule has 0 bridgehead atoms. The minimum atomic E-state index is -4.40. The van der Waals surface area contributed by atoms with Crippen molar-refractivity contribution in [1.29, 1.82) is 0 Å². The lowest BCUT2D eigenvalue weighted by atomic mass is 9.74. The highest BCUT2D eigenvalue weighted by Crippen LogP contribution is 2.47. The van der Waals surface area contributed by atoms with E-state index in [0.717, 1.165) is 77.5 Å². The van der Waals surface area contributed by atoms with E-state index in [1.807, 2.05) is 0 Å². The number of hydrogen-bond donors (Lipinski definition) is 0. The van der Waals surface area contributed by atoms with Gasteiger partial charge in [0.2, 0.25) is 0 Å². The highest BCUT2D eigenvalue weighted by Gasteiger charge is 2.52. The zero-order chi connectivity index (χ0) is 19.4. The van der Waals surface area contributed by atoms with Crippen LogP contribution in [0.25, 0.3) is 0 Å².